The van der Waals surface area contributed by atoms with Gasteiger partial charge >= 0.3 is 6.18 Å². The van der Waals surface area contributed by atoms with Crippen molar-refractivity contribution in [3.8, 4) is 21.9 Å². The maximum Gasteiger partial charge on any atom is 0.419 e. The third-order valence-corrected chi connectivity index (χ3v) is 3.99. The number of rotatable bonds is 3. The summed E-state index contributed by atoms with van der Waals surface area (Å²) in [6, 6.07) is 16.1. The highest BCUT2D eigenvalue weighted by Gasteiger charge is 2.34. The van der Waals surface area contributed by atoms with Crippen LogP contribution in [0.3, 0.4) is 0 Å². The van der Waals surface area contributed by atoms with Crippen molar-refractivity contribution in [1.82, 2.24) is 0 Å². The van der Waals surface area contributed by atoms with Crippen LogP contribution < -0.4 is 4.74 Å². The van der Waals surface area contributed by atoms with Crippen LogP contribution in [-0.2, 0) is 6.18 Å². The molecule has 0 spiro atoms. The first-order chi connectivity index (χ1) is 10.6. The van der Waals surface area contributed by atoms with Crippen molar-refractivity contribution in [2.75, 3.05) is 0 Å². The van der Waals surface area contributed by atoms with Gasteiger partial charge in [-0.05, 0) is 35.7 Å². The molecule has 1 nitrogen and oxygen atoms in total. The summed E-state index contributed by atoms with van der Waals surface area (Å²) >= 11 is 1.51. The monoisotopic (exact) mass is 320 g/mol. The van der Waals surface area contributed by atoms with Crippen molar-refractivity contribution in [2.24, 2.45) is 0 Å². The first-order valence-electron chi connectivity index (χ1n) is 6.53. The summed E-state index contributed by atoms with van der Waals surface area (Å²) in [6.07, 6.45) is -4.45. The van der Waals surface area contributed by atoms with E-state index in [1.807, 2.05) is 29.6 Å². The fourth-order valence-corrected chi connectivity index (χ4v) is 2.86. The Morgan fingerprint density at radius 2 is 1.45 bits per heavy atom. The van der Waals surface area contributed by atoms with Crippen LogP contribution in [0.4, 0.5) is 13.2 Å². The lowest BCUT2D eigenvalue weighted by Gasteiger charge is -2.15. The first-order valence-corrected chi connectivity index (χ1v) is 7.40. The Kier molecular flexibility index (Phi) is 3.90. The summed E-state index contributed by atoms with van der Waals surface area (Å²) in [5, 5.41) is 1.91. The largest absolute Gasteiger partial charge is 0.456 e. The van der Waals surface area contributed by atoms with E-state index >= 15 is 0 Å². The molecule has 0 atom stereocenters. The van der Waals surface area contributed by atoms with E-state index in [4.69, 9.17) is 4.74 Å². The lowest BCUT2D eigenvalue weighted by atomic mass is 10.1. The number of halogens is 3. The SMILES string of the molecule is FC(F)(F)c1ccccc1Oc1ccccc1-c1cccs1. The van der Waals surface area contributed by atoms with Crippen molar-refractivity contribution in [2.45, 2.75) is 6.18 Å². The van der Waals surface area contributed by atoms with Crippen LogP contribution in [0, 0.1) is 0 Å². The third-order valence-electron chi connectivity index (χ3n) is 3.09. The standard InChI is InChI=1S/C17H11F3OS/c18-17(19,20)13-7-2-4-9-15(13)21-14-8-3-1-6-12(14)16-10-5-11-22-16/h1-11H. The minimum Gasteiger partial charge on any atom is -0.456 e. The van der Waals surface area contributed by atoms with Gasteiger partial charge < -0.3 is 4.74 Å². The topological polar surface area (TPSA) is 9.23 Å². The van der Waals surface area contributed by atoms with Gasteiger partial charge in [0.1, 0.15) is 11.5 Å². The molecule has 0 radical (unpaired) electrons. The lowest BCUT2D eigenvalue weighted by Crippen LogP contribution is -2.06. The second-order valence-electron chi connectivity index (χ2n) is 4.57. The predicted octanol–water partition coefficient (Wildman–Crippen LogP) is 6.23. The molecule has 5 heteroatoms. The van der Waals surface area contributed by atoms with Gasteiger partial charge in [0.25, 0.3) is 0 Å². The number of hydrogen-bond acceptors (Lipinski definition) is 2. The highest BCUT2D eigenvalue weighted by atomic mass is 32.1. The molecule has 3 aromatic rings. The van der Waals surface area contributed by atoms with Crippen LogP contribution in [-0.4, -0.2) is 0 Å². The maximum atomic E-state index is 13.0. The molecule has 1 heterocycles. The zero-order valence-electron chi connectivity index (χ0n) is 11.3. The van der Waals surface area contributed by atoms with Crippen molar-refractivity contribution >= 4 is 11.3 Å². The molecule has 22 heavy (non-hydrogen) atoms. The lowest BCUT2D eigenvalue weighted by molar-refractivity contribution is -0.138. The Hall–Kier alpha value is -2.27. The van der Waals surface area contributed by atoms with E-state index in [1.165, 1.54) is 29.5 Å². The summed E-state index contributed by atoms with van der Waals surface area (Å²) in [6.45, 7) is 0. The Morgan fingerprint density at radius 1 is 0.773 bits per heavy atom. The van der Waals surface area contributed by atoms with Gasteiger partial charge in [0.05, 0.1) is 5.56 Å². The molecule has 3 rings (SSSR count). The van der Waals surface area contributed by atoms with Crippen LogP contribution >= 0.6 is 11.3 Å². The van der Waals surface area contributed by atoms with Gasteiger partial charge in [-0.15, -0.1) is 11.3 Å². The molecular weight excluding hydrogens is 309 g/mol. The molecule has 1 aromatic heterocycles. The van der Waals surface area contributed by atoms with Crippen molar-refractivity contribution in [3.63, 3.8) is 0 Å². The Labute approximate surface area is 129 Å². The summed E-state index contributed by atoms with van der Waals surface area (Å²) in [7, 11) is 0. The number of hydrogen-bond donors (Lipinski definition) is 0. The van der Waals surface area contributed by atoms with Crippen molar-refractivity contribution in [1.29, 1.82) is 0 Å². The van der Waals surface area contributed by atoms with E-state index in [9.17, 15) is 13.2 Å². The molecule has 0 aliphatic heterocycles. The molecule has 0 aliphatic carbocycles. The smallest absolute Gasteiger partial charge is 0.419 e. The minimum atomic E-state index is -4.45. The third kappa shape index (κ3) is 2.99. The van der Waals surface area contributed by atoms with Gasteiger partial charge in [0.2, 0.25) is 0 Å². The number of para-hydroxylation sites is 2. The Morgan fingerprint density at radius 3 is 2.14 bits per heavy atom. The van der Waals surface area contributed by atoms with Crippen LogP contribution in [0.25, 0.3) is 10.4 Å². The number of thiophene rings is 1. The van der Waals surface area contributed by atoms with Gasteiger partial charge in [0.15, 0.2) is 0 Å². The normalized spacial score (nSPS) is 11.4. The number of ether oxygens (including phenoxy) is 1. The van der Waals surface area contributed by atoms with Crippen LogP contribution in [0.5, 0.6) is 11.5 Å². The Balaban J connectivity index is 2.02. The highest BCUT2D eigenvalue weighted by Crippen LogP contribution is 2.41. The van der Waals surface area contributed by atoms with Gasteiger partial charge in [0, 0.05) is 10.4 Å². The first kappa shape index (κ1) is 14.7. The van der Waals surface area contributed by atoms with E-state index in [0.29, 0.717) is 5.75 Å². The zero-order valence-corrected chi connectivity index (χ0v) is 12.1. The van der Waals surface area contributed by atoms with Gasteiger partial charge in [-0.25, -0.2) is 0 Å². The maximum absolute atomic E-state index is 13.0. The van der Waals surface area contributed by atoms with Crippen LogP contribution in [0.2, 0.25) is 0 Å². The average molecular weight is 320 g/mol. The average Bonchev–Trinajstić information content (AvgIpc) is 3.01. The van der Waals surface area contributed by atoms with Crippen molar-refractivity contribution in [3.05, 3.63) is 71.6 Å². The predicted molar refractivity (Wildman–Crippen MR) is 81.3 cm³/mol. The quantitative estimate of drug-likeness (QED) is 0.556. The van der Waals surface area contributed by atoms with E-state index in [1.54, 1.807) is 12.1 Å². The minimum absolute atomic E-state index is 0.195. The Bertz CT molecular complexity index is 764. The molecule has 0 aliphatic rings. The van der Waals surface area contributed by atoms with E-state index < -0.39 is 11.7 Å². The van der Waals surface area contributed by atoms with E-state index in [-0.39, 0.29) is 5.75 Å². The molecule has 0 saturated carbocycles. The molecule has 0 unspecified atom stereocenters. The van der Waals surface area contributed by atoms with E-state index in [2.05, 4.69) is 0 Å². The molecule has 0 N–H and O–H groups in total. The summed E-state index contributed by atoms with van der Waals surface area (Å²) < 4.78 is 44.7. The molecule has 112 valence electrons. The second-order valence-corrected chi connectivity index (χ2v) is 5.52. The van der Waals surface area contributed by atoms with Gasteiger partial charge in [-0.3, -0.25) is 0 Å². The fourth-order valence-electron chi connectivity index (χ4n) is 2.10. The van der Waals surface area contributed by atoms with Crippen LogP contribution in [0.1, 0.15) is 5.56 Å². The highest BCUT2D eigenvalue weighted by molar-refractivity contribution is 7.13. The van der Waals surface area contributed by atoms with Crippen molar-refractivity contribution < 1.29 is 17.9 Å². The second kappa shape index (κ2) is 5.85. The summed E-state index contributed by atoms with van der Waals surface area (Å²) in [5.41, 5.74) is -0.00883. The van der Waals surface area contributed by atoms with Crippen LogP contribution in [0.15, 0.2) is 66.0 Å². The van der Waals surface area contributed by atoms with Gasteiger partial charge in [-0.2, -0.15) is 13.2 Å². The van der Waals surface area contributed by atoms with E-state index in [0.717, 1.165) is 16.5 Å². The molecular formula is C17H11F3OS. The molecule has 0 fully saturated rings. The molecule has 0 amide bonds. The number of benzene rings is 2. The summed E-state index contributed by atoms with van der Waals surface area (Å²) in [5.74, 6) is 0.209. The molecule has 2 aromatic carbocycles. The van der Waals surface area contributed by atoms with Gasteiger partial charge in [-0.1, -0.05) is 30.3 Å². The zero-order chi connectivity index (χ0) is 15.6. The summed E-state index contributed by atoms with van der Waals surface area (Å²) in [4.78, 5) is 0.945. The number of alkyl halides is 3. The molecule has 0 saturated heterocycles. The fraction of sp³-hybridized carbons (Fsp3) is 0.0588. The molecule has 0 bridgehead atoms.